The fourth-order valence-corrected chi connectivity index (χ4v) is 5.17. The summed E-state index contributed by atoms with van der Waals surface area (Å²) in [6.07, 6.45) is 3.18. The second kappa shape index (κ2) is 9.07. The molecular weight excluding hydrogens is 500 g/mol. The van der Waals surface area contributed by atoms with Crippen LogP contribution in [-0.4, -0.2) is 54.9 Å². The standard InChI is InChI=1S/C29H27F2N7O/c1-5-36-27(39)24-26(38-16-29(3,4)35-28(36)38)37(15-18-6-8-21(30)9-7-18)25(34-24)20-13-22(31)23(33-14-20)19-10-11-32-17(2)12-19/h6-14H,5,15-16H2,1-4H3. The van der Waals surface area contributed by atoms with Gasteiger partial charge in [-0.25, -0.2) is 18.8 Å². The van der Waals surface area contributed by atoms with Crippen molar-refractivity contribution in [1.82, 2.24) is 24.4 Å². The monoisotopic (exact) mass is 527 g/mol. The third kappa shape index (κ3) is 4.25. The predicted molar refractivity (Wildman–Crippen MR) is 144 cm³/mol. The molecule has 0 saturated heterocycles. The van der Waals surface area contributed by atoms with E-state index in [2.05, 4.69) is 9.97 Å². The molecule has 198 valence electrons. The summed E-state index contributed by atoms with van der Waals surface area (Å²) in [5.41, 5.74) is 2.64. The SMILES string of the molecule is CCN1C(=O)c2nc(-c3cnc(-c4ccnc(C)c4)c(F)c3)n(Cc3ccc(F)cc3)c2N2CC(C)(C)N=C12. The zero-order chi connectivity index (χ0) is 27.5. The minimum Gasteiger partial charge on any atom is -0.305 e. The highest BCUT2D eigenvalue weighted by Gasteiger charge is 2.45. The molecule has 0 unspecified atom stereocenters. The largest absolute Gasteiger partial charge is 0.305 e. The topological polar surface area (TPSA) is 79.5 Å². The fraction of sp³-hybridized carbons (Fsp3) is 0.276. The van der Waals surface area contributed by atoms with E-state index in [1.54, 1.807) is 41.6 Å². The Balaban J connectivity index is 1.53. The molecule has 0 radical (unpaired) electrons. The van der Waals surface area contributed by atoms with Crippen LogP contribution in [0.15, 0.2) is 59.9 Å². The number of halogens is 2. The van der Waals surface area contributed by atoms with Crippen LogP contribution in [0, 0.1) is 18.6 Å². The van der Waals surface area contributed by atoms with Crippen molar-refractivity contribution in [3.05, 3.63) is 83.4 Å². The van der Waals surface area contributed by atoms with Crippen molar-refractivity contribution in [2.45, 2.75) is 39.8 Å². The molecule has 10 heteroatoms. The summed E-state index contributed by atoms with van der Waals surface area (Å²) in [5.74, 6) is 0.421. The first-order chi connectivity index (χ1) is 18.6. The number of aliphatic imine (C=N–C) groups is 1. The second-order valence-electron chi connectivity index (χ2n) is 10.4. The molecule has 0 saturated carbocycles. The van der Waals surface area contributed by atoms with E-state index in [1.807, 2.05) is 37.2 Å². The molecule has 1 amide bonds. The van der Waals surface area contributed by atoms with Crippen LogP contribution in [-0.2, 0) is 6.54 Å². The van der Waals surface area contributed by atoms with Gasteiger partial charge in [-0.15, -0.1) is 0 Å². The summed E-state index contributed by atoms with van der Waals surface area (Å²) in [4.78, 5) is 35.4. The van der Waals surface area contributed by atoms with E-state index in [0.717, 1.165) is 11.3 Å². The number of pyridine rings is 2. The normalized spacial score (nSPS) is 15.8. The van der Waals surface area contributed by atoms with E-state index in [9.17, 15) is 9.18 Å². The summed E-state index contributed by atoms with van der Waals surface area (Å²) >= 11 is 0. The number of hydrogen-bond donors (Lipinski definition) is 0. The Morgan fingerprint density at radius 3 is 2.46 bits per heavy atom. The number of nitrogens with zero attached hydrogens (tertiary/aromatic N) is 7. The summed E-state index contributed by atoms with van der Waals surface area (Å²) in [7, 11) is 0. The molecule has 0 aliphatic carbocycles. The lowest BCUT2D eigenvalue weighted by molar-refractivity contribution is 0.0841. The quantitative estimate of drug-likeness (QED) is 0.362. The number of aromatic nitrogens is 4. The maximum Gasteiger partial charge on any atom is 0.283 e. The van der Waals surface area contributed by atoms with Crippen LogP contribution in [0.3, 0.4) is 0 Å². The van der Waals surface area contributed by atoms with Crippen molar-refractivity contribution in [1.29, 1.82) is 0 Å². The van der Waals surface area contributed by atoms with Gasteiger partial charge in [-0.1, -0.05) is 12.1 Å². The van der Waals surface area contributed by atoms with Crippen LogP contribution in [0.5, 0.6) is 0 Å². The lowest BCUT2D eigenvalue weighted by Crippen LogP contribution is -2.51. The smallest absolute Gasteiger partial charge is 0.283 e. The second-order valence-corrected chi connectivity index (χ2v) is 10.4. The van der Waals surface area contributed by atoms with Crippen molar-refractivity contribution >= 4 is 17.7 Å². The predicted octanol–water partition coefficient (Wildman–Crippen LogP) is 5.07. The lowest BCUT2D eigenvalue weighted by atomic mass is 10.1. The lowest BCUT2D eigenvalue weighted by Gasteiger charge is -2.34. The van der Waals surface area contributed by atoms with Crippen LogP contribution < -0.4 is 4.90 Å². The van der Waals surface area contributed by atoms with Crippen molar-refractivity contribution in [3.8, 4) is 22.6 Å². The van der Waals surface area contributed by atoms with Crippen LogP contribution in [0.4, 0.5) is 14.6 Å². The maximum atomic E-state index is 15.5. The zero-order valence-electron chi connectivity index (χ0n) is 22.1. The molecule has 4 aromatic rings. The number of carbonyl (C=O) groups excluding carboxylic acids is 1. The van der Waals surface area contributed by atoms with Gasteiger partial charge >= 0.3 is 0 Å². The number of imidazole rings is 1. The van der Waals surface area contributed by atoms with Gasteiger partial charge in [-0.2, -0.15) is 0 Å². The molecule has 2 aliphatic rings. The molecule has 1 aromatic carbocycles. The van der Waals surface area contributed by atoms with Crippen molar-refractivity contribution < 1.29 is 13.6 Å². The summed E-state index contributed by atoms with van der Waals surface area (Å²) < 4.78 is 31.0. The van der Waals surface area contributed by atoms with Gasteiger partial charge in [0.25, 0.3) is 5.91 Å². The fourth-order valence-electron chi connectivity index (χ4n) is 5.17. The van der Waals surface area contributed by atoms with Gasteiger partial charge in [0.05, 0.1) is 18.6 Å². The molecule has 6 rings (SSSR count). The highest BCUT2D eigenvalue weighted by molar-refractivity contribution is 6.18. The zero-order valence-corrected chi connectivity index (χ0v) is 22.1. The van der Waals surface area contributed by atoms with Crippen LogP contribution in [0.2, 0.25) is 0 Å². The Hall–Kier alpha value is -4.47. The number of rotatable bonds is 5. The van der Waals surface area contributed by atoms with E-state index >= 15 is 4.39 Å². The minimum absolute atomic E-state index is 0.203. The van der Waals surface area contributed by atoms with E-state index < -0.39 is 11.4 Å². The number of fused-ring (bicyclic) bond motifs is 3. The van der Waals surface area contributed by atoms with Gasteiger partial charge in [0.2, 0.25) is 5.96 Å². The number of guanidine groups is 1. The number of benzene rings is 1. The molecule has 5 heterocycles. The van der Waals surface area contributed by atoms with E-state index in [1.165, 1.54) is 18.2 Å². The van der Waals surface area contributed by atoms with Gasteiger partial charge in [-0.3, -0.25) is 24.6 Å². The number of amides is 1. The third-order valence-electron chi connectivity index (χ3n) is 6.91. The molecular formula is C29H27F2N7O. The highest BCUT2D eigenvalue weighted by Crippen LogP contribution is 2.39. The van der Waals surface area contributed by atoms with Crippen LogP contribution in [0.25, 0.3) is 22.6 Å². The Morgan fingerprint density at radius 2 is 1.77 bits per heavy atom. The minimum atomic E-state index is -0.515. The Morgan fingerprint density at radius 1 is 1.00 bits per heavy atom. The summed E-state index contributed by atoms with van der Waals surface area (Å²) in [5, 5.41) is 0. The Kier molecular flexibility index (Phi) is 5.78. The molecule has 0 atom stereocenters. The van der Waals surface area contributed by atoms with Gasteiger partial charge in [-0.05, 0) is 63.6 Å². The first-order valence-corrected chi connectivity index (χ1v) is 12.8. The van der Waals surface area contributed by atoms with Gasteiger partial charge in [0, 0.05) is 35.8 Å². The van der Waals surface area contributed by atoms with E-state index in [-0.39, 0.29) is 29.7 Å². The molecule has 0 N–H and O–H groups in total. The number of anilines is 1. The van der Waals surface area contributed by atoms with Crippen molar-refractivity contribution in [3.63, 3.8) is 0 Å². The van der Waals surface area contributed by atoms with E-state index in [0.29, 0.717) is 41.8 Å². The molecule has 3 aromatic heterocycles. The van der Waals surface area contributed by atoms with Crippen LogP contribution in [0.1, 0.15) is 42.5 Å². The summed E-state index contributed by atoms with van der Waals surface area (Å²) in [6, 6.07) is 11.0. The van der Waals surface area contributed by atoms with Gasteiger partial charge < -0.3 is 4.57 Å². The Labute approximate surface area is 224 Å². The van der Waals surface area contributed by atoms with Crippen molar-refractivity contribution in [2.24, 2.45) is 4.99 Å². The molecule has 0 bridgehead atoms. The Bertz CT molecular complexity index is 1640. The third-order valence-corrected chi connectivity index (χ3v) is 6.91. The molecule has 2 aliphatic heterocycles. The summed E-state index contributed by atoms with van der Waals surface area (Å²) in [6.45, 7) is 9.01. The molecule has 39 heavy (non-hydrogen) atoms. The van der Waals surface area contributed by atoms with Crippen LogP contribution >= 0.6 is 0 Å². The maximum absolute atomic E-state index is 15.5. The van der Waals surface area contributed by atoms with E-state index in [4.69, 9.17) is 9.98 Å². The average Bonchev–Trinajstić information content (AvgIpc) is 3.42. The van der Waals surface area contributed by atoms with Crippen molar-refractivity contribution in [2.75, 3.05) is 18.0 Å². The number of carbonyl (C=O) groups is 1. The highest BCUT2D eigenvalue weighted by atomic mass is 19.1. The number of aryl methyl sites for hydroxylation is 1. The average molecular weight is 528 g/mol. The number of hydrogen-bond acceptors (Lipinski definition) is 6. The molecule has 0 fully saturated rings. The van der Waals surface area contributed by atoms with Gasteiger partial charge in [0.15, 0.2) is 5.69 Å². The molecule has 8 nitrogen and oxygen atoms in total. The molecule has 0 spiro atoms. The first-order valence-electron chi connectivity index (χ1n) is 12.8. The van der Waals surface area contributed by atoms with Gasteiger partial charge in [0.1, 0.15) is 29.0 Å². The first kappa shape index (κ1) is 24.8.